The Balaban J connectivity index is 2.45. The van der Waals surface area contributed by atoms with Gasteiger partial charge in [0.05, 0.1) is 5.41 Å². The van der Waals surface area contributed by atoms with Gasteiger partial charge in [0.1, 0.15) is 0 Å². The summed E-state index contributed by atoms with van der Waals surface area (Å²) in [6, 6.07) is 16.7. The van der Waals surface area contributed by atoms with Crippen molar-refractivity contribution in [3.05, 3.63) is 65.7 Å². The molecule has 0 spiro atoms. The van der Waals surface area contributed by atoms with Gasteiger partial charge in [0.2, 0.25) is 0 Å². The Morgan fingerprint density at radius 3 is 2.26 bits per heavy atom. The van der Waals surface area contributed by atoms with Crippen molar-refractivity contribution in [3.63, 3.8) is 0 Å². The number of anilines is 1. The lowest BCUT2D eigenvalue weighted by atomic mass is 9.76. The lowest BCUT2D eigenvalue weighted by Crippen LogP contribution is -2.35. The molecule has 19 heavy (non-hydrogen) atoms. The molecule has 0 aliphatic carbocycles. The van der Waals surface area contributed by atoms with Crippen LogP contribution in [-0.4, -0.2) is 11.1 Å². The second-order valence-corrected chi connectivity index (χ2v) is 4.89. The van der Waals surface area contributed by atoms with Crippen molar-refractivity contribution in [1.29, 1.82) is 0 Å². The Hall–Kier alpha value is -2.29. The second-order valence-electron chi connectivity index (χ2n) is 4.89. The van der Waals surface area contributed by atoms with Gasteiger partial charge >= 0.3 is 5.97 Å². The maximum atomic E-state index is 11.7. The van der Waals surface area contributed by atoms with Crippen LogP contribution in [0.3, 0.4) is 0 Å². The molecule has 0 bridgehead atoms. The predicted octanol–water partition coefficient (Wildman–Crippen LogP) is 2.85. The first-order valence-electron chi connectivity index (χ1n) is 6.16. The van der Waals surface area contributed by atoms with E-state index in [1.165, 1.54) is 0 Å². The van der Waals surface area contributed by atoms with E-state index in [9.17, 15) is 9.90 Å². The first kappa shape index (κ1) is 13.1. The van der Waals surface area contributed by atoms with E-state index in [0.29, 0.717) is 17.7 Å². The zero-order valence-corrected chi connectivity index (χ0v) is 10.8. The Morgan fingerprint density at radius 2 is 1.68 bits per heavy atom. The van der Waals surface area contributed by atoms with E-state index in [4.69, 9.17) is 5.73 Å². The lowest BCUT2D eigenvalue weighted by Gasteiger charge is -2.27. The molecule has 1 unspecified atom stereocenters. The molecule has 0 amide bonds. The molecule has 0 aromatic heterocycles. The fourth-order valence-electron chi connectivity index (χ4n) is 2.29. The summed E-state index contributed by atoms with van der Waals surface area (Å²) < 4.78 is 0. The molecular weight excluding hydrogens is 238 g/mol. The van der Waals surface area contributed by atoms with Crippen molar-refractivity contribution in [1.82, 2.24) is 0 Å². The van der Waals surface area contributed by atoms with Crippen LogP contribution >= 0.6 is 0 Å². The van der Waals surface area contributed by atoms with Crippen LogP contribution < -0.4 is 5.73 Å². The van der Waals surface area contributed by atoms with Crippen molar-refractivity contribution >= 4 is 11.7 Å². The Bertz CT molecular complexity index is 580. The molecule has 0 saturated heterocycles. The van der Waals surface area contributed by atoms with Crippen LogP contribution in [0.15, 0.2) is 54.6 Å². The summed E-state index contributed by atoms with van der Waals surface area (Å²) in [5.74, 6) is -0.866. The topological polar surface area (TPSA) is 63.3 Å². The molecule has 3 nitrogen and oxygen atoms in total. The molecule has 2 rings (SSSR count). The number of benzene rings is 2. The third kappa shape index (κ3) is 2.60. The van der Waals surface area contributed by atoms with Crippen LogP contribution in [0, 0.1) is 0 Å². The van der Waals surface area contributed by atoms with Gasteiger partial charge in [-0.3, -0.25) is 4.79 Å². The molecule has 0 aliphatic rings. The highest BCUT2D eigenvalue weighted by molar-refractivity contribution is 5.83. The van der Waals surface area contributed by atoms with Crippen molar-refractivity contribution in [2.45, 2.75) is 18.8 Å². The van der Waals surface area contributed by atoms with Crippen LogP contribution in [-0.2, 0) is 16.6 Å². The highest BCUT2D eigenvalue weighted by Gasteiger charge is 2.36. The second kappa shape index (κ2) is 5.14. The number of nitrogens with two attached hydrogens (primary N) is 1. The molecule has 0 saturated carbocycles. The van der Waals surface area contributed by atoms with Crippen LogP contribution in [0.5, 0.6) is 0 Å². The lowest BCUT2D eigenvalue weighted by molar-refractivity contribution is -0.143. The highest BCUT2D eigenvalue weighted by atomic mass is 16.4. The van der Waals surface area contributed by atoms with Crippen molar-refractivity contribution in [3.8, 4) is 0 Å². The molecule has 3 N–H and O–H groups in total. The van der Waals surface area contributed by atoms with Gasteiger partial charge in [-0.05, 0) is 30.5 Å². The van der Waals surface area contributed by atoms with Crippen molar-refractivity contribution < 1.29 is 9.90 Å². The molecular formula is C16H17NO2. The number of carboxylic acid groups (broad SMARTS) is 1. The monoisotopic (exact) mass is 255 g/mol. The molecule has 0 heterocycles. The van der Waals surface area contributed by atoms with Gasteiger partial charge < -0.3 is 10.8 Å². The minimum Gasteiger partial charge on any atom is -0.481 e. The summed E-state index contributed by atoms with van der Waals surface area (Å²) in [7, 11) is 0. The normalized spacial score (nSPS) is 13.7. The van der Waals surface area contributed by atoms with E-state index in [1.54, 1.807) is 19.1 Å². The van der Waals surface area contributed by atoms with E-state index in [1.807, 2.05) is 42.5 Å². The maximum absolute atomic E-state index is 11.7. The summed E-state index contributed by atoms with van der Waals surface area (Å²) >= 11 is 0. The molecule has 0 fully saturated rings. The average Bonchev–Trinajstić information content (AvgIpc) is 2.40. The number of rotatable bonds is 4. The first-order chi connectivity index (χ1) is 9.04. The van der Waals surface area contributed by atoms with Crippen LogP contribution in [0.4, 0.5) is 5.69 Å². The van der Waals surface area contributed by atoms with E-state index in [0.717, 1.165) is 5.56 Å². The van der Waals surface area contributed by atoms with Gasteiger partial charge in [0.25, 0.3) is 0 Å². The van der Waals surface area contributed by atoms with E-state index in [-0.39, 0.29) is 0 Å². The molecule has 0 radical (unpaired) electrons. The van der Waals surface area contributed by atoms with Gasteiger partial charge in [0, 0.05) is 5.69 Å². The number of aliphatic carboxylic acids is 1. The summed E-state index contributed by atoms with van der Waals surface area (Å²) in [5.41, 5.74) is 7.07. The van der Waals surface area contributed by atoms with Gasteiger partial charge in [-0.25, -0.2) is 0 Å². The fraction of sp³-hybridized carbons (Fsp3) is 0.188. The smallest absolute Gasteiger partial charge is 0.314 e. The number of carbonyl (C=O) groups is 1. The molecule has 0 aliphatic heterocycles. The van der Waals surface area contributed by atoms with E-state index >= 15 is 0 Å². The van der Waals surface area contributed by atoms with Gasteiger partial charge in [-0.15, -0.1) is 0 Å². The third-order valence-corrected chi connectivity index (χ3v) is 3.43. The zero-order valence-electron chi connectivity index (χ0n) is 10.8. The fourth-order valence-corrected chi connectivity index (χ4v) is 2.29. The van der Waals surface area contributed by atoms with E-state index in [2.05, 4.69) is 0 Å². The minimum absolute atomic E-state index is 0.414. The predicted molar refractivity (Wildman–Crippen MR) is 76.0 cm³/mol. The largest absolute Gasteiger partial charge is 0.481 e. The van der Waals surface area contributed by atoms with Crippen LogP contribution in [0.2, 0.25) is 0 Å². The molecule has 2 aromatic rings. The summed E-state index contributed by atoms with van der Waals surface area (Å²) in [6.45, 7) is 1.72. The Kier molecular flexibility index (Phi) is 3.56. The van der Waals surface area contributed by atoms with Crippen LogP contribution in [0.25, 0.3) is 0 Å². The molecule has 2 aromatic carbocycles. The molecule has 1 atom stereocenters. The average molecular weight is 255 g/mol. The summed E-state index contributed by atoms with van der Waals surface area (Å²) in [5, 5.41) is 9.62. The van der Waals surface area contributed by atoms with Gasteiger partial charge in [-0.1, -0.05) is 48.5 Å². The molecule has 3 heteroatoms. The van der Waals surface area contributed by atoms with Crippen LogP contribution in [0.1, 0.15) is 18.1 Å². The first-order valence-corrected chi connectivity index (χ1v) is 6.16. The number of para-hydroxylation sites is 1. The number of nitrogen functional groups attached to an aromatic ring is 1. The number of hydrogen-bond acceptors (Lipinski definition) is 2. The third-order valence-electron chi connectivity index (χ3n) is 3.43. The number of carboxylic acids is 1. The van der Waals surface area contributed by atoms with Gasteiger partial charge in [0.15, 0.2) is 0 Å². The number of hydrogen-bond donors (Lipinski definition) is 2. The Morgan fingerprint density at radius 1 is 1.11 bits per heavy atom. The minimum atomic E-state index is -1.02. The Labute approximate surface area is 112 Å². The molecule has 98 valence electrons. The summed E-state index contributed by atoms with van der Waals surface area (Å²) in [4.78, 5) is 11.7. The SMILES string of the molecule is CC(Cc1ccccc1)(C(=O)O)c1ccccc1N. The quantitative estimate of drug-likeness (QED) is 0.826. The van der Waals surface area contributed by atoms with Crippen molar-refractivity contribution in [2.24, 2.45) is 0 Å². The van der Waals surface area contributed by atoms with Crippen molar-refractivity contribution in [2.75, 3.05) is 5.73 Å². The zero-order chi connectivity index (χ0) is 13.9. The highest BCUT2D eigenvalue weighted by Crippen LogP contribution is 2.32. The standard InChI is InChI=1S/C16H17NO2/c1-16(15(18)19,11-12-7-3-2-4-8-12)13-9-5-6-10-14(13)17/h2-10H,11,17H2,1H3,(H,18,19). The van der Waals surface area contributed by atoms with E-state index < -0.39 is 11.4 Å². The van der Waals surface area contributed by atoms with Gasteiger partial charge in [-0.2, -0.15) is 0 Å². The maximum Gasteiger partial charge on any atom is 0.314 e. The summed E-state index contributed by atoms with van der Waals surface area (Å²) in [6.07, 6.45) is 0.414.